The number of rotatable bonds is 2. The van der Waals surface area contributed by atoms with Crippen molar-refractivity contribution in [3.63, 3.8) is 0 Å². The number of benzene rings is 1. The highest BCUT2D eigenvalue weighted by atomic mass is 32.3. The van der Waals surface area contributed by atoms with Crippen molar-refractivity contribution in [2.24, 2.45) is 0 Å². The molecule has 1 saturated heterocycles. The van der Waals surface area contributed by atoms with Gasteiger partial charge in [-0.15, -0.1) is 3.89 Å². The number of amides is 1. The van der Waals surface area contributed by atoms with Crippen LogP contribution in [0, 0.1) is 11.3 Å². The molecule has 0 bridgehead atoms. The molecular formula is C11H10FN3O3S. The van der Waals surface area contributed by atoms with E-state index < -0.39 is 27.8 Å². The Morgan fingerprint density at radius 1 is 1.47 bits per heavy atom. The Kier molecular flexibility index (Phi) is 3.16. The predicted octanol–water partition coefficient (Wildman–Crippen LogP) is 0.545. The van der Waals surface area contributed by atoms with Crippen molar-refractivity contribution in [2.45, 2.75) is 11.7 Å². The minimum atomic E-state index is -4.77. The smallest absolute Gasteiger partial charge is 0.307 e. The number of nitrogen functional groups attached to an aromatic ring is 1. The Bertz CT molecular complexity index is 681. The van der Waals surface area contributed by atoms with E-state index in [1.165, 1.54) is 18.2 Å². The first-order valence-electron chi connectivity index (χ1n) is 5.36. The Balaban J connectivity index is 2.39. The van der Waals surface area contributed by atoms with E-state index in [1.807, 2.05) is 6.07 Å². The molecule has 0 aromatic heterocycles. The molecule has 1 aromatic rings. The molecule has 8 heteroatoms. The lowest BCUT2D eigenvalue weighted by molar-refractivity contribution is -0.117. The fourth-order valence-corrected chi connectivity index (χ4v) is 2.61. The van der Waals surface area contributed by atoms with Crippen LogP contribution in [-0.2, 0) is 15.0 Å². The number of hydrogen-bond donors (Lipinski definition) is 1. The van der Waals surface area contributed by atoms with Crippen molar-refractivity contribution < 1.29 is 17.1 Å². The Hall–Kier alpha value is -2.14. The van der Waals surface area contributed by atoms with Crippen LogP contribution in [-0.4, -0.2) is 26.1 Å². The van der Waals surface area contributed by atoms with E-state index in [-0.39, 0.29) is 23.5 Å². The number of carbonyl (C=O) groups is 1. The van der Waals surface area contributed by atoms with Crippen molar-refractivity contribution in [3.8, 4) is 6.07 Å². The standard InChI is InChI=1S/C11H10FN3O3S/c12-19(17,18)8-4-11(16)15(6-8)10-3-7(5-13)1-2-9(10)14/h1-3,8H,4,6,14H2. The van der Waals surface area contributed by atoms with Gasteiger partial charge in [-0.05, 0) is 18.2 Å². The molecule has 2 N–H and O–H groups in total. The SMILES string of the molecule is N#Cc1ccc(N)c(N2CC(S(=O)(=O)F)CC2=O)c1. The molecular weight excluding hydrogens is 273 g/mol. The van der Waals surface area contributed by atoms with Crippen LogP contribution in [0.2, 0.25) is 0 Å². The lowest BCUT2D eigenvalue weighted by atomic mass is 10.2. The molecule has 6 nitrogen and oxygen atoms in total. The molecule has 1 fully saturated rings. The van der Waals surface area contributed by atoms with Crippen LogP contribution < -0.4 is 10.6 Å². The zero-order valence-corrected chi connectivity index (χ0v) is 10.5. The molecule has 1 unspecified atom stereocenters. The van der Waals surface area contributed by atoms with Gasteiger partial charge in [-0.25, -0.2) is 0 Å². The lowest BCUT2D eigenvalue weighted by Gasteiger charge is -2.18. The average molecular weight is 283 g/mol. The Morgan fingerprint density at radius 3 is 2.68 bits per heavy atom. The number of nitrogens with two attached hydrogens (primary N) is 1. The highest BCUT2D eigenvalue weighted by molar-refractivity contribution is 7.87. The fourth-order valence-electron chi connectivity index (χ4n) is 1.94. The van der Waals surface area contributed by atoms with Crippen molar-refractivity contribution >= 4 is 27.5 Å². The number of hydrogen-bond acceptors (Lipinski definition) is 5. The molecule has 2 rings (SSSR count). The highest BCUT2D eigenvalue weighted by Crippen LogP contribution is 2.30. The molecule has 1 atom stereocenters. The first kappa shape index (κ1) is 13.3. The van der Waals surface area contributed by atoms with E-state index in [0.717, 1.165) is 4.90 Å². The van der Waals surface area contributed by atoms with Gasteiger partial charge in [0.1, 0.15) is 5.25 Å². The second kappa shape index (κ2) is 4.51. The van der Waals surface area contributed by atoms with Crippen LogP contribution in [0.15, 0.2) is 18.2 Å². The lowest BCUT2D eigenvalue weighted by Crippen LogP contribution is -2.27. The molecule has 0 saturated carbocycles. The van der Waals surface area contributed by atoms with Crippen molar-refractivity contribution in [1.82, 2.24) is 0 Å². The molecule has 1 amide bonds. The predicted molar refractivity (Wildman–Crippen MR) is 66.4 cm³/mol. The molecule has 1 aliphatic rings. The van der Waals surface area contributed by atoms with Gasteiger partial charge in [0.05, 0.1) is 23.0 Å². The van der Waals surface area contributed by atoms with Gasteiger partial charge in [0.15, 0.2) is 0 Å². The van der Waals surface area contributed by atoms with E-state index in [9.17, 15) is 17.1 Å². The van der Waals surface area contributed by atoms with E-state index >= 15 is 0 Å². The summed E-state index contributed by atoms with van der Waals surface area (Å²) in [5, 5.41) is 7.41. The molecule has 1 heterocycles. The van der Waals surface area contributed by atoms with Gasteiger partial charge >= 0.3 is 10.2 Å². The maximum Gasteiger partial charge on any atom is 0.307 e. The number of carbonyl (C=O) groups excluding carboxylic acids is 1. The summed E-state index contributed by atoms with van der Waals surface area (Å²) in [7, 11) is -4.77. The Labute approximate surface area is 109 Å². The molecule has 0 spiro atoms. The average Bonchev–Trinajstić information content (AvgIpc) is 2.72. The summed E-state index contributed by atoms with van der Waals surface area (Å²) >= 11 is 0. The van der Waals surface area contributed by atoms with Crippen LogP contribution in [0.5, 0.6) is 0 Å². The maximum atomic E-state index is 12.9. The normalized spacial score (nSPS) is 19.5. The monoisotopic (exact) mass is 283 g/mol. The van der Waals surface area contributed by atoms with Crippen LogP contribution >= 0.6 is 0 Å². The quantitative estimate of drug-likeness (QED) is 0.630. The summed E-state index contributed by atoms with van der Waals surface area (Å²) in [6.45, 7) is -0.295. The summed E-state index contributed by atoms with van der Waals surface area (Å²) in [6, 6.07) is 6.18. The van der Waals surface area contributed by atoms with Crippen molar-refractivity contribution in [2.75, 3.05) is 17.2 Å². The summed E-state index contributed by atoms with van der Waals surface area (Å²) in [5.41, 5.74) is 6.43. The minimum Gasteiger partial charge on any atom is -0.397 e. The van der Waals surface area contributed by atoms with Gasteiger partial charge in [-0.2, -0.15) is 13.7 Å². The van der Waals surface area contributed by atoms with Crippen molar-refractivity contribution in [1.29, 1.82) is 5.26 Å². The maximum absolute atomic E-state index is 12.9. The second-order valence-electron chi connectivity index (χ2n) is 4.19. The first-order valence-corrected chi connectivity index (χ1v) is 6.81. The molecule has 19 heavy (non-hydrogen) atoms. The molecule has 1 aromatic carbocycles. The van der Waals surface area contributed by atoms with E-state index in [4.69, 9.17) is 11.0 Å². The Morgan fingerprint density at radius 2 is 2.16 bits per heavy atom. The van der Waals surface area contributed by atoms with Gasteiger partial charge in [0.25, 0.3) is 0 Å². The molecule has 1 aliphatic heterocycles. The third-order valence-electron chi connectivity index (χ3n) is 2.94. The van der Waals surface area contributed by atoms with Gasteiger partial charge in [-0.1, -0.05) is 0 Å². The first-order chi connectivity index (χ1) is 8.82. The van der Waals surface area contributed by atoms with E-state index in [0.29, 0.717) is 0 Å². The topological polar surface area (TPSA) is 104 Å². The number of halogens is 1. The fraction of sp³-hybridized carbons (Fsp3) is 0.273. The van der Waals surface area contributed by atoms with Crippen molar-refractivity contribution in [3.05, 3.63) is 23.8 Å². The summed E-state index contributed by atoms with van der Waals surface area (Å²) in [6.07, 6.45) is -0.422. The van der Waals surface area contributed by atoms with Crippen LogP contribution in [0.3, 0.4) is 0 Å². The van der Waals surface area contributed by atoms with Gasteiger partial charge in [0.2, 0.25) is 5.91 Å². The van der Waals surface area contributed by atoms with Crippen LogP contribution in [0.4, 0.5) is 15.3 Å². The van der Waals surface area contributed by atoms with Gasteiger partial charge in [-0.3, -0.25) is 4.79 Å². The van der Waals surface area contributed by atoms with Crippen LogP contribution in [0.25, 0.3) is 0 Å². The minimum absolute atomic E-state index is 0.226. The highest BCUT2D eigenvalue weighted by Gasteiger charge is 2.39. The van der Waals surface area contributed by atoms with E-state index in [2.05, 4.69) is 0 Å². The molecule has 100 valence electrons. The summed E-state index contributed by atoms with van der Waals surface area (Å²) in [4.78, 5) is 12.8. The summed E-state index contributed by atoms with van der Waals surface area (Å²) in [5.74, 6) is -0.534. The van der Waals surface area contributed by atoms with Crippen LogP contribution in [0.1, 0.15) is 12.0 Å². The zero-order chi connectivity index (χ0) is 14.2. The largest absolute Gasteiger partial charge is 0.397 e. The van der Waals surface area contributed by atoms with E-state index in [1.54, 1.807) is 0 Å². The van der Waals surface area contributed by atoms with Gasteiger partial charge in [0, 0.05) is 13.0 Å². The number of nitriles is 1. The van der Waals surface area contributed by atoms with Gasteiger partial charge < -0.3 is 10.6 Å². The zero-order valence-electron chi connectivity index (χ0n) is 9.71. The number of nitrogens with zero attached hydrogens (tertiary/aromatic N) is 2. The second-order valence-corrected chi connectivity index (χ2v) is 5.81. The molecule has 0 radical (unpaired) electrons. The molecule has 0 aliphatic carbocycles. The summed E-state index contributed by atoms with van der Waals surface area (Å²) < 4.78 is 34.6. The third-order valence-corrected chi connectivity index (χ3v) is 4.05. The third kappa shape index (κ3) is 2.51. The number of anilines is 2.